The Balaban J connectivity index is 2.59. The van der Waals surface area contributed by atoms with Gasteiger partial charge in [-0.2, -0.15) is 0 Å². The first-order valence-corrected chi connectivity index (χ1v) is 6.38. The molecule has 0 radical (unpaired) electrons. The predicted molar refractivity (Wildman–Crippen MR) is 68.0 cm³/mol. The van der Waals surface area contributed by atoms with E-state index in [-0.39, 0.29) is 12.8 Å². The van der Waals surface area contributed by atoms with Crippen molar-refractivity contribution in [1.82, 2.24) is 5.01 Å². The van der Waals surface area contributed by atoms with Gasteiger partial charge in [0.25, 0.3) is 0 Å². The number of hydrazine groups is 1. The number of aliphatic carboxylic acids is 1. The Morgan fingerprint density at radius 2 is 2.00 bits per heavy atom. The van der Waals surface area contributed by atoms with Crippen LogP contribution >= 0.6 is 0 Å². The van der Waals surface area contributed by atoms with Gasteiger partial charge in [0, 0.05) is 0 Å². The molecular weight excluding hydrogens is 250 g/mol. The molecule has 0 aliphatic heterocycles. The van der Waals surface area contributed by atoms with Gasteiger partial charge in [-0.05, 0) is 46.5 Å². The molecule has 1 N–H and O–H groups in total. The van der Waals surface area contributed by atoms with Crippen molar-refractivity contribution in [2.24, 2.45) is 11.2 Å². The van der Waals surface area contributed by atoms with E-state index >= 15 is 0 Å². The third-order valence-corrected chi connectivity index (χ3v) is 3.36. The molecule has 0 amide bonds. The number of hydrogen-bond acceptors (Lipinski definition) is 4. The van der Waals surface area contributed by atoms with Crippen molar-refractivity contribution in [1.29, 1.82) is 0 Å². The first kappa shape index (κ1) is 13.9. The van der Waals surface area contributed by atoms with Crippen LogP contribution in [0.4, 0.5) is 0 Å². The lowest BCUT2D eigenvalue weighted by Crippen LogP contribution is -2.42. The number of hydrogen-bond donors (Lipinski definition) is 1. The molecule has 0 spiro atoms. The summed E-state index contributed by atoms with van der Waals surface area (Å²) in [6, 6.07) is 0. The van der Waals surface area contributed by atoms with Crippen molar-refractivity contribution >= 4 is 5.97 Å². The maximum Gasteiger partial charge on any atom is 0.306 e. The molecule has 0 aromatic rings. The van der Waals surface area contributed by atoms with Gasteiger partial charge in [-0.15, -0.1) is 5.01 Å². The summed E-state index contributed by atoms with van der Waals surface area (Å²) in [5.41, 5.74) is -0.412. The molecule has 0 unspecified atom stereocenters. The average molecular weight is 274 g/mol. The lowest BCUT2D eigenvalue weighted by molar-refractivity contribution is -0.720. The van der Waals surface area contributed by atoms with Crippen LogP contribution in [-0.4, -0.2) is 39.7 Å². The maximum absolute atomic E-state index is 11.7. The second-order valence-electron chi connectivity index (χ2n) is 5.77. The minimum atomic E-state index is -1.31. The topological polar surface area (TPSA) is 88.2 Å². The van der Waals surface area contributed by atoms with Gasteiger partial charge in [-0.1, -0.05) is 0 Å². The van der Waals surface area contributed by atoms with Gasteiger partial charge in [-0.25, -0.2) is 0 Å². The molecule has 1 aliphatic carbocycles. The molecule has 7 nitrogen and oxygen atoms in total. The summed E-state index contributed by atoms with van der Waals surface area (Å²) in [6.45, 7) is 5.55. The van der Waals surface area contributed by atoms with Crippen LogP contribution in [0.15, 0.2) is 5.28 Å². The largest absolute Gasteiger partial charge is 0.569 e. The molecule has 0 aromatic carbocycles. The summed E-state index contributed by atoms with van der Waals surface area (Å²) in [4.78, 5) is 16.2. The average Bonchev–Trinajstić information content (AvgIpc) is 2.34. The Morgan fingerprint density at radius 3 is 2.42 bits per heavy atom. The van der Waals surface area contributed by atoms with Crippen LogP contribution in [0.5, 0.6) is 0 Å². The monoisotopic (exact) mass is 274 g/mol. The molecule has 0 saturated heterocycles. The number of carboxylic acid groups (broad SMARTS) is 1. The maximum atomic E-state index is 11.7. The molecule has 0 aromatic heterocycles. The fraction of sp³-hybridized carbons (Fsp3) is 0.917. The minimum Gasteiger partial charge on any atom is -0.569 e. The molecule has 0 heterocycles. The fourth-order valence-corrected chi connectivity index (χ4v) is 1.68. The Bertz CT molecular complexity index is 387. The number of carbonyl (C=O) groups is 1. The van der Waals surface area contributed by atoms with Crippen molar-refractivity contribution in [3.8, 4) is 0 Å². The Labute approximate surface area is 114 Å². The quantitative estimate of drug-likeness (QED) is 0.482. The van der Waals surface area contributed by atoms with E-state index in [9.17, 15) is 10.0 Å². The van der Waals surface area contributed by atoms with E-state index in [4.69, 9.17) is 11.3 Å². The summed E-state index contributed by atoms with van der Waals surface area (Å²) in [6.07, 6.45) is -0.0843. The lowest BCUT2D eigenvalue weighted by Gasteiger charge is -2.27. The van der Waals surface area contributed by atoms with Gasteiger partial charge >= 0.3 is 5.97 Å². The molecule has 110 valence electrons. The first-order valence-electron chi connectivity index (χ1n) is 6.88. The first-order chi connectivity index (χ1) is 9.05. The lowest BCUT2D eigenvalue weighted by atomic mass is 9.88. The number of carboxylic acids is 1. The Kier molecular flexibility index (Phi) is 4.44. The summed E-state index contributed by atoms with van der Waals surface area (Å²) in [5, 5.41) is 25.4. The molecule has 7 heteroatoms. The summed E-state index contributed by atoms with van der Waals surface area (Å²) in [7, 11) is 1.58. The number of rotatable bonds is 4. The van der Waals surface area contributed by atoms with Crippen molar-refractivity contribution in [2.45, 2.75) is 58.1 Å². The summed E-state index contributed by atoms with van der Waals surface area (Å²) in [5.74, 6) is -1.28. The zero-order chi connectivity index (χ0) is 15.6. The summed E-state index contributed by atoms with van der Waals surface area (Å²) < 4.78 is 8.05. The van der Waals surface area contributed by atoms with Crippen LogP contribution in [0.25, 0.3) is 0 Å². The van der Waals surface area contributed by atoms with Crippen LogP contribution in [0, 0.1) is 11.1 Å². The zero-order valence-corrected chi connectivity index (χ0v) is 11.9. The molecule has 0 bridgehead atoms. The van der Waals surface area contributed by atoms with Gasteiger partial charge in [0.2, 0.25) is 5.28 Å². The molecule has 1 fully saturated rings. The van der Waals surface area contributed by atoms with Crippen molar-refractivity contribution < 1.29 is 21.1 Å². The van der Waals surface area contributed by atoms with Gasteiger partial charge in [0.05, 0.1) is 24.8 Å². The van der Waals surface area contributed by atoms with Gasteiger partial charge in [0.15, 0.2) is 0 Å². The highest BCUT2D eigenvalue weighted by Gasteiger charge is 2.28. The van der Waals surface area contributed by atoms with E-state index in [2.05, 4.69) is 5.28 Å². The van der Waals surface area contributed by atoms with Crippen LogP contribution in [0.1, 0.15) is 47.8 Å². The second kappa shape index (κ2) is 6.08. The van der Waals surface area contributed by atoms with Crippen molar-refractivity contribution in [2.75, 3.05) is 7.05 Å². The molecule has 1 rings (SSSR count). The smallest absolute Gasteiger partial charge is 0.306 e. The molecule has 1 saturated carbocycles. The van der Waals surface area contributed by atoms with Crippen molar-refractivity contribution in [3.63, 3.8) is 0 Å². The molecule has 0 atom stereocenters. The molecular formula is C12H23N3O4. The minimum absolute atomic E-state index is 0.251. The summed E-state index contributed by atoms with van der Waals surface area (Å²) >= 11 is 0. The molecule has 1 aliphatic rings. The predicted octanol–water partition coefficient (Wildman–Crippen LogP) is 2.17. The zero-order valence-electron chi connectivity index (χ0n) is 12.9. The van der Waals surface area contributed by atoms with Crippen LogP contribution in [0.2, 0.25) is 0 Å². The second-order valence-corrected chi connectivity index (χ2v) is 5.77. The SMILES string of the molecule is [2H]C1(O/N=[N+](/[O-])N(C)C(C)(C)C)CCC(C(=O)O)CC1. The van der Waals surface area contributed by atoms with E-state index in [1.807, 2.05) is 20.8 Å². The van der Waals surface area contributed by atoms with E-state index in [0.717, 1.165) is 0 Å². The normalized spacial score (nSPS) is 29.6. The third kappa shape index (κ3) is 4.57. The third-order valence-electron chi connectivity index (χ3n) is 3.36. The highest BCUT2D eigenvalue weighted by molar-refractivity contribution is 5.69. The number of nitrogens with zero attached hydrogens (tertiary/aromatic N) is 3. The van der Waals surface area contributed by atoms with Crippen LogP contribution in [0.3, 0.4) is 0 Å². The van der Waals surface area contributed by atoms with E-state index < -0.39 is 23.5 Å². The van der Waals surface area contributed by atoms with Crippen LogP contribution < -0.4 is 0 Å². The van der Waals surface area contributed by atoms with Gasteiger partial charge in [0.1, 0.15) is 6.08 Å². The van der Waals surface area contributed by atoms with E-state index in [1.54, 1.807) is 7.05 Å². The fourth-order valence-electron chi connectivity index (χ4n) is 1.68. The van der Waals surface area contributed by atoms with Gasteiger partial charge < -0.3 is 15.2 Å². The standard InChI is InChI=1S/C12H23N3O4/c1-12(2,3)14(4)15(18)13-19-10-7-5-9(6-8-10)11(16)17/h9-10H,5-8H2,1-4H3,(H,16,17)/b15-13+/i10D. The highest BCUT2D eigenvalue weighted by Crippen LogP contribution is 2.26. The van der Waals surface area contributed by atoms with Gasteiger partial charge in [-0.3, -0.25) is 4.79 Å². The van der Waals surface area contributed by atoms with Crippen molar-refractivity contribution in [3.05, 3.63) is 5.21 Å². The highest BCUT2D eigenvalue weighted by atomic mass is 16.7. The Morgan fingerprint density at radius 1 is 1.47 bits per heavy atom. The van der Waals surface area contributed by atoms with E-state index in [0.29, 0.717) is 17.8 Å². The molecule has 19 heavy (non-hydrogen) atoms. The Hall–Kier alpha value is -1.53. The van der Waals surface area contributed by atoms with E-state index in [1.165, 1.54) is 5.01 Å². The van der Waals surface area contributed by atoms with Crippen LogP contribution in [-0.2, 0) is 9.63 Å².